The minimum absolute atomic E-state index is 0.188. The quantitative estimate of drug-likeness (QED) is 0.709. The molecule has 0 saturated carbocycles. The third-order valence-corrected chi connectivity index (χ3v) is 4.75. The maximum Gasteiger partial charge on any atom is 0.244 e. The fourth-order valence-corrected chi connectivity index (χ4v) is 3.32. The molecule has 0 saturated heterocycles. The van der Waals surface area contributed by atoms with Crippen molar-refractivity contribution < 1.29 is 12.8 Å². The van der Waals surface area contributed by atoms with Gasteiger partial charge in [-0.05, 0) is 31.8 Å². The number of nitrogens with two attached hydrogens (primary N) is 1. The van der Waals surface area contributed by atoms with Crippen molar-refractivity contribution in [1.82, 2.24) is 4.72 Å². The van der Waals surface area contributed by atoms with Gasteiger partial charge in [0.2, 0.25) is 10.0 Å². The van der Waals surface area contributed by atoms with E-state index in [1.165, 1.54) is 6.07 Å². The van der Waals surface area contributed by atoms with Crippen molar-refractivity contribution in [3.8, 4) is 0 Å². The summed E-state index contributed by atoms with van der Waals surface area (Å²) in [6.45, 7) is 2.27. The highest BCUT2D eigenvalue weighted by Crippen LogP contribution is 2.19. The van der Waals surface area contributed by atoms with Gasteiger partial charge in [0, 0.05) is 12.6 Å². The van der Waals surface area contributed by atoms with Crippen LogP contribution in [0.15, 0.2) is 15.4 Å². The fraction of sp³-hybridized carbons (Fsp3) is 0.636. The van der Waals surface area contributed by atoms with E-state index in [9.17, 15) is 8.42 Å². The second-order valence-corrected chi connectivity index (χ2v) is 6.66. The van der Waals surface area contributed by atoms with Gasteiger partial charge < -0.3 is 10.2 Å². The minimum Gasteiger partial charge on any atom is -0.464 e. The first-order chi connectivity index (χ1) is 8.51. The summed E-state index contributed by atoms with van der Waals surface area (Å²) in [4.78, 5) is 0.188. The van der Waals surface area contributed by atoms with E-state index in [0.29, 0.717) is 18.1 Å². The van der Waals surface area contributed by atoms with Crippen LogP contribution in [0.2, 0.25) is 0 Å². The molecule has 5 nitrogen and oxygen atoms in total. The highest BCUT2D eigenvalue weighted by Gasteiger charge is 2.20. The van der Waals surface area contributed by atoms with Crippen molar-refractivity contribution >= 4 is 21.8 Å². The molecule has 18 heavy (non-hydrogen) atoms. The topological polar surface area (TPSA) is 85.3 Å². The third kappa shape index (κ3) is 4.31. The Morgan fingerprint density at radius 1 is 1.44 bits per heavy atom. The van der Waals surface area contributed by atoms with Gasteiger partial charge in [-0.3, -0.25) is 0 Å². The Hall–Kier alpha value is -0.500. The first kappa shape index (κ1) is 15.6. The van der Waals surface area contributed by atoms with Crippen LogP contribution in [-0.2, 0) is 16.6 Å². The molecule has 104 valence electrons. The van der Waals surface area contributed by atoms with Gasteiger partial charge in [0.05, 0.1) is 6.54 Å². The number of unbranched alkanes of at least 4 members (excludes halogenated alkanes) is 1. The molecular weight excluding hydrogens is 272 g/mol. The van der Waals surface area contributed by atoms with Gasteiger partial charge in [-0.25, -0.2) is 13.1 Å². The smallest absolute Gasteiger partial charge is 0.244 e. The average Bonchev–Trinajstić information content (AvgIpc) is 2.71. The van der Waals surface area contributed by atoms with Crippen LogP contribution in [-0.4, -0.2) is 27.0 Å². The molecule has 0 unspecified atom stereocenters. The third-order valence-electron chi connectivity index (χ3n) is 2.48. The number of aryl methyl sites for hydroxylation is 1. The standard InChI is InChI=1S/C11H20N2O3S2/c1-9-11(7-10(8-12)16-9)18(14,15)13-5-3-4-6-17-2/h7,13H,3-6,8,12H2,1-2H3. The molecule has 3 N–H and O–H groups in total. The van der Waals surface area contributed by atoms with E-state index < -0.39 is 10.0 Å². The Balaban J connectivity index is 2.60. The summed E-state index contributed by atoms with van der Waals surface area (Å²) < 4.78 is 31.8. The van der Waals surface area contributed by atoms with Crippen molar-refractivity contribution in [3.63, 3.8) is 0 Å². The van der Waals surface area contributed by atoms with Crippen molar-refractivity contribution in [2.45, 2.75) is 31.2 Å². The van der Waals surface area contributed by atoms with E-state index in [1.807, 2.05) is 6.26 Å². The summed E-state index contributed by atoms with van der Waals surface area (Å²) in [7, 11) is -3.47. The summed E-state index contributed by atoms with van der Waals surface area (Å²) in [5, 5.41) is 0. The number of hydrogen-bond donors (Lipinski definition) is 2. The molecule has 0 aromatic carbocycles. The molecule has 0 atom stereocenters. The minimum atomic E-state index is -3.47. The molecule has 0 aliphatic rings. The molecule has 0 aliphatic heterocycles. The predicted molar refractivity (Wildman–Crippen MR) is 74.1 cm³/mol. The highest BCUT2D eigenvalue weighted by molar-refractivity contribution is 7.98. The summed E-state index contributed by atoms with van der Waals surface area (Å²) in [6.07, 6.45) is 3.87. The molecule has 1 aromatic rings. The first-order valence-corrected chi connectivity index (χ1v) is 8.67. The van der Waals surface area contributed by atoms with Gasteiger partial charge >= 0.3 is 0 Å². The van der Waals surface area contributed by atoms with Crippen molar-refractivity contribution in [2.75, 3.05) is 18.6 Å². The van der Waals surface area contributed by atoms with Crippen LogP contribution in [0.25, 0.3) is 0 Å². The molecule has 0 bridgehead atoms. The zero-order chi connectivity index (χ0) is 13.6. The van der Waals surface area contributed by atoms with Crippen molar-refractivity contribution in [3.05, 3.63) is 17.6 Å². The van der Waals surface area contributed by atoms with Crippen LogP contribution in [0.5, 0.6) is 0 Å². The molecule has 0 aliphatic carbocycles. The molecule has 1 aromatic heterocycles. The SMILES string of the molecule is CSCCCCNS(=O)(=O)c1cc(CN)oc1C. The van der Waals surface area contributed by atoms with Gasteiger partial charge in [0.25, 0.3) is 0 Å². The summed E-state index contributed by atoms with van der Waals surface area (Å²) in [5.41, 5.74) is 5.42. The maximum absolute atomic E-state index is 12.0. The Kier molecular flexibility index (Phi) is 6.20. The molecule has 1 rings (SSSR count). The maximum atomic E-state index is 12.0. The largest absolute Gasteiger partial charge is 0.464 e. The van der Waals surface area contributed by atoms with E-state index in [4.69, 9.17) is 10.2 Å². The second kappa shape index (κ2) is 7.18. The Labute approximate surface area is 113 Å². The number of thioether (sulfide) groups is 1. The Morgan fingerprint density at radius 2 is 2.17 bits per heavy atom. The van der Waals surface area contributed by atoms with Crippen LogP contribution in [0.4, 0.5) is 0 Å². The van der Waals surface area contributed by atoms with E-state index in [2.05, 4.69) is 4.72 Å². The Morgan fingerprint density at radius 3 is 2.72 bits per heavy atom. The van der Waals surface area contributed by atoms with Crippen molar-refractivity contribution in [1.29, 1.82) is 0 Å². The molecule has 1 heterocycles. The van der Waals surface area contributed by atoms with E-state index >= 15 is 0 Å². The van der Waals surface area contributed by atoms with Crippen LogP contribution in [0, 0.1) is 6.92 Å². The van der Waals surface area contributed by atoms with Gasteiger partial charge in [-0.15, -0.1) is 0 Å². The lowest BCUT2D eigenvalue weighted by atomic mass is 10.3. The van der Waals surface area contributed by atoms with Crippen LogP contribution in [0.3, 0.4) is 0 Å². The molecule has 0 fully saturated rings. The number of furan rings is 1. The first-order valence-electron chi connectivity index (χ1n) is 5.79. The summed E-state index contributed by atoms with van der Waals surface area (Å²) >= 11 is 1.76. The lowest BCUT2D eigenvalue weighted by molar-refractivity contribution is 0.478. The van der Waals surface area contributed by atoms with Gasteiger partial charge in [-0.1, -0.05) is 0 Å². The van der Waals surface area contributed by atoms with Crippen molar-refractivity contribution in [2.24, 2.45) is 5.73 Å². The average molecular weight is 292 g/mol. The lowest BCUT2D eigenvalue weighted by Crippen LogP contribution is -2.25. The highest BCUT2D eigenvalue weighted by atomic mass is 32.2. The van der Waals surface area contributed by atoms with Crippen LogP contribution in [0.1, 0.15) is 24.4 Å². The number of hydrogen-bond acceptors (Lipinski definition) is 5. The number of rotatable bonds is 8. The second-order valence-electron chi connectivity index (χ2n) is 3.93. The normalized spacial score (nSPS) is 11.9. The number of nitrogens with one attached hydrogen (secondary N) is 1. The lowest BCUT2D eigenvalue weighted by Gasteiger charge is -2.04. The molecule has 0 radical (unpaired) electrons. The molecule has 0 amide bonds. The van der Waals surface area contributed by atoms with E-state index in [0.717, 1.165) is 18.6 Å². The fourth-order valence-electron chi connectivity index (χ4n) is 1.55. The van der Waals surface area contributed by atoms with E-state index in [1.54, 1.807) is 18.7 Å². The summed E-state index contributed by atoms with van der Waals surface area (Å²) in [5.74, 6) is 1.91. The van der Waals surface area contributed by atoms with Gasteiger partial charge in [0.15, 0.2) is 0 Å². The van der Waals surface area contributed by atoms with Gasteiger partial charge in [0.1, 0.15) is 16.4 Å². The van der Waals surface area contributed by atoms with E-state index in [-0.39, 0.29) is 11.4 Å². The van der Waals surface area contributed by atoms with Crippen LogP contribution < -0.4 is 10.5 Å². The van der Waals surface area contributed by atoms with Gasteiger partial charge in [-0.2, -0.15) is 11.8 Å². The molecule has 0 spiro atoms. The molecular formula is C11H20N2O3S2. The Bertz CT molecular complexity index is 469. The number of sulfonamides is 1. The summed E-state index contributed by atoms with van der Waals surface area (Å²) in [6, 6.07) is 1.49. The van der Waals surface area contributed by atoms with Crippen LogP contribution >= 0.6 is 11.8 Å². The predicted octanol–water partition coefficient (Wildman–Crippen LogP) is 1.47. The zero-order valence-corrected chi connectivity index (χ0v) is 12.4. The monoisotopic (exact) mass is 292 g/mol. The zero-order valence-electron chi connectivity index (χ0n) is 10.7. The molecule has 7 heteroatoms.